The van der Waals surface area contributed by atoms with Gasteiger partial charge in [0.05, 0.1) is 6.04 Å². The number of hydrogen-bond acceptors (Lipinski definition) is 2. The lowest BCUT2D eigenvalue weighted by atomic mass is 9.97. The SMILES string of the molecule is Cc1ccc(NC(CN)c2cccc(C)c2C)cc1Cl. The lowest BCUT2D eigenvalue weighted by Gasteiger charge is -2.22. The van der Waals surface area contributed by atoms with Crippen molar-refractivity contribution in [1.82, 2.24) is 0 Å². The molecule has 0 amide bonds. The van der Waals surface area contributed by atoms with E-state index in [1.54, 1.807) is 0 Å². The molecule has 0 saturated heterocycles. The van der Waals surface area contributed by atoms with Gasteiger partial charge in [0, 0.05) is 17.3 Å². The lowest BCUT2D eigenvalue weighted by Crippen LogP contribution is -2.21. The fourth-order valence-corrected chi connectivity index (χ4v) is 2.48. The second kappa shape index (κ2) is 6.29. The molecule has 0 aromatic heterocycles. The minimum atomic E-state index is 0.0914. The van der Waals surface area contributed by atoms with Crippen molar-refractivity contribution in [3.05, 3.63) is 63.7 Å². The van der Waals surface area contributed by atoms with Crippen LogP contribution in [0.15, 0.2) is 36.4 Å². The quantitative estimate of drug-likeness (QED) is 0.876. The first kappa shape index (κ1) is 14.9. The summed E-state index contributed by atoms with van der Waals surface area (Å²) in [4.78, 5) is 0. The average molecular weight is 289 g/mol. The molecule has 0 fully saturated rings. The molecule has 0 bridgehead atoms. The summed E-state index contributed by atoms with van der Waals surface area (Å²) >= 11 is 6.17. The maximum Gasteiger partial charge on any atom is 0.0638 e. The summed E-state index contributed by atoms with van der Waals surface area (Å²) < 4.78 is 0. The molecular weight excluding hydrogens is 268 g/mol. The van der Waals surface area contributed by atoms with Crippen molar-refractivity contribution in [3.63, 3.8) is 0 Å². The zero-order valence-electron chi connectivity index (χ0n) is 12.2. The van der Waals surface area contributed by atoms with Gasteiger partial charge in [-0.1, -0.05) is 35.9 Å². The number of hydrogen-bond donors (Lipinski definition) is 2. The van der Waals surface area contributed by atoms with Crippen LogP contribution in [0.25, 0.3) is 0 Å². The molecule has 2 rings (SSSR count). The summed E-state index contributed by atoms with van der Waals surface area (Å²) in [5, 5.41) is 4.24. The zero-order chi connectivity index (χ0) is 14.7. The Bertz CT molecular complexity index is 608. The van der Waals surface area contributed by atoms with Gasteiger partial charge in [0.1, 0.15) is 0 Å². The van der Waals surface area contributed by atoms with Crippen LogP contribution in [0.1, 0.15) is 28.3 Å². The van der Waals surface area contributed by atoms with E-state index in [0.29, 0.717) is 6.54 Å². The molecule has 2 nitrogen and oxygen atoms in total. The fourth-order valence-electron chi connectivity index (χ4n) is 2.30. The summed E-state index contributed by atoms with van der Waals surface area (Å²) in [5.74, 6) is 0. The van der Waals surface area contributed by atoms with Gasteiger partial charge in [-0.05, 0) is 55.2 Å². The molecule has 0 heterocycles. The van der Waals surface area contributed by atoms with Crippen LogP contribution in [-0.2, 0) is 0 Å². The van der Waals surface area contributed by atoms with Gasteiger partial charge in [-0.3, -0.25) is 0 Å². The van der Waals surface area contributed by atoms with Crippen LogP contribution >= 0.6 is 11.6 Å². The molecule has 2 aromatic rings. The van der Waals surface area contributed by atoms with Crippen LogP contribution in [0.5, 0.6) is 0 Å². The van der Waals surface area contributed by atoms with E-state index in [4.69, 9.17) is 17.3 Å². The maximum atomic E-state index is 6.17. The van der Waals surface area contributed by atoms with Crippen LogP contribution in [-0.4, -0.2) is 6.54 Å². The Kier molecular flexibility index (Phi) is 4.69. The molecule has 3 heteroatoms. The van der Waals surface area contributed by atoms with E-state index in [0.717, 1.165) is 16.3 Å². The van der Waals surface area contributed by atoms with Crippen LogP contribution in [0.2, 0.25) is 5.02 Å². The van der Waals surface area contributed by atoms with E-state index in [-0.39, 0.29) is 6.04 Å². The molecule has 0 aliphatic carbocycles. The Morgan fingerprint density at radius 1 is 1.10 bits per heavy atom. The van der Waals surface area contributed by atoms with Crippen molar-refractivity contribution < 1.29 is 0 Å². The largest absolute Gasteiger partial charge is 0.377 e. The number of benzene rings is 2. The summed E-state index contributed by atoms with van der Waals surface area (Å²) in [7, 11) is 0. The zero-order valence-corrected chi connectivity index (χ0v) is 13.0. The average Bonchev–Trinajstić information content (AvgIpc) is 2.43. The van der Waals surface area contributed by atoms with Gasteiger partial charge >= 0.3 is 0 Å². The second-order valence-corrected chi connectivity index (χ2v) is 5.59. The van der Waals surface area contributed by atoms with E-state index < -0.39 is 0 Å². The van der Waals surface area contributed by atoms with Crippen molar-refractivity contribution in [3.8, 4) is 0 Å². The second-order valence-electron chi connectivity index (χ2n) is 5.19. The topological polar surface area (TPSA) is 38.0 Å². The van der Waals surface area contributed by atoms with Gasteiger partial charge in [0.2, 0.25) is 0 Å². The molecular formula is C17H21ClN2. The Morgan fingerprint density at radius 2 is 1.85 bits per heavy atom. The molecule has 20 heavy (non-hydrogen) atoms. The van der Waals surface area contributed by atoms with Gasteiger partial charge < -0.3 is 11.1 Å². The van der Waals surface area contributed by atoms with Crippen molar-refractivity contribution >= 4 is 17.3 Å². The van der Waals surface area contributed by atoms with Gasteiger partial charge in [-0.25, -0.2) is 0 Å². The van der Waals surface area contributed by atoms with Gasteiger partial charge in [0.25, 0.3) is 0 Å². The Hall–Kier alpha value is -1.51. The van der Waals surface area contributed by atoms with Crippen molar-refractivity contribution in [2.24, 2.45) is 5.73 Å². The predicted octanol–water partition coefficient (Wildman–Crippen LogP) is 4.38. The first-order valence-corrected chi connectivity index (χ1v) is 7.19. The Morgan fingerprint density at radius 3 is 2.50 bits per heavy atom. The molecule has 0 aliphatic heterocycles. The van der Waals surface area contributed by atoms with Gasteiger partial charge in [-0.15, -0.1) is 0 Å². The standard InChI is InChI=1S/C17H21ClN2/c1-11-5-4-6-15(13(11)3)17(10-19)20-14-8-7-12(2)16(18)9-14/h4-9,17,20H,10,19H2,1-3H3. The summed E-state index contributed by atoms with van der Waals surface area (Å²) in [5.41, 5.74) is 11.8. The third-order valence-corrected chi connectivity index (χ3v) is 4.18. The molecule has 0 radical (unpaired) electrons. The number of nitrogens with one attached hydrogen (secondary N) is 1. The van der Waals surface area contributed by atoms with Crippen LogP contribution in [0, 0.1) is 20.8 Å². The first-order chi connectivity index (χ1) is 9.52. The highest BCUT2D eigenvalue weighted by Crippen LogP contribution is 2.26. The lowest BCUT2D eigenvalue weighted by molar-refractivity contribution is 0.782. The molecule has 1 unspecified atom stereocenters. The van der Waals surface area contributed by atoms with E-state index in [9.17, 15) is 0 Å². The predicted molar refractivity (Wildman–Crippen MR) is 87.5 cm³/mol. The van der Waals surface area contributed by atoms with Crippen LogP contribution in [0.4, 0.5) is 5.69 Å². The van der Waals surface area contributed by atoms with E-state index >= 15 is 0 Å². The molecule has 2 aromatic carbocycles. The fraction of sp³-hybridized carbons (Fsp3) is 0.294. The van der Waals surface area contributed by atoms with Crippen molar-refractivity contribution in [1.29, 1.82) is 0 Å². The van der Waals surface area contributed by atoms with E-state index in [1.807, 2.05) is 25.1 Å². The van der Waals surface area contributed by atoms with Gasteiger partial charge in [0.15, 0.2) is 0 Å². The highest BCUT2D eigenvalue weighted by Gasteiger charge is 2.13. The monoisotopic (exact) mass is 288 g/mol. The normalized spacial score (nSPS) is 12.2. The summed E-state index contributed by atoms with van der Waals surface area (Å²) in [6.45, 7) is 6.79. The van der Waals surface area contributed by atoms with E-state index in [1.165, 1.54) is 16.7 Å². The highest BCUT2D eigenvalue weighted by atomic mass is 35.5. The number of nitrogens with two attached hydrogens (primary N) is 1. The summed E-state index contributed by atoms with van der Waals surface area (Å²) in [6, 6.07) is 12.4. The number of aryl methyl sites for hydroxylation is 2. The maximum absolute atomic E-state index is 6.17. The Labute approximate surface area is 126 Å². The molecule has 0 saturated carbocycles. The third kappa shape index (κ3) is 3.14. The minimum Gasteiger partial charge on any atom is -0.377 e. The van der Waals surface area contributed by atoms with Crippen LogP contribution in [0.3, 0.4) is 0 Å². The van der Waals surface area contributed by atoms with Gasteiger partial charge in [-0.2, -0.15) is 0 Å². The number of rotatable bonds is 4. The smallest absolute Gasteiger partial charge is 0.0638 e. The van der Waals surface area contributed by atoms with Crippen molar-refractivity contribution in [2.75, 3.05) is 11.9 Å². The number of anilines is 1. The molecule has 3 N–H and O–H groups in total. The Balaban J connectivity index is 2.28. The first-order valence-electron chi connectivity index (χ1n) is 6.81. The molecule has 0 spiro atoms. The molecule has 0 aliphatic rings. The number of halogens is 1. The third-order valence-electron chi connectivity index (χ3n) is 3.77. The minimum absolute atomic E-state index is 0.0914. The highest BCUT2D eigenvalue weighted by molar-refractivity contribution is 6.31. The summed E-state index contributed by atoms with van der Waals surface area (Å²) in [6.07, 6.45) is 0. The molecule has 106 valence electrons. The van der Waals surface area contributed by atoms with Crippen molar-refractivity contribution in [2.45, 2.75) is 26.8 Å². The van der Waals surface area contributed by atoms with E-state index in [2.05, 4.69) is 37.4 Å². The molecule has 1 atom stereocenters. The van der Waals surface area contributed by atoms with Crippen LogP contribution < -0.4 is 11.1 Å².